The van der Waals surface area contributed by atoms with Gasteiger partial charge in [-0.2, -0.15) is 0 Å². The van der Waals surface area contributed by atoms with Gasteiger partial charge in [0.05, 0.1) is 12.2 Å². The maximum atomic E-state index is 13.0. The van der Waals surface area contributed by atoms with E-state index in [-0.39, 0.29) is 34.7 Å². The average molecular weight is 402 g/mol. The topological polar surface area (TPSA) is 93.1 Å². The fourth-order valence-corrected chi connectivity index (χ4v) is 7.86. The summed E-state index contributed by atoms with van der Waals surface area (Å²) in [5.41, 5.74) is -1.05. The molecule has 2 N–H and O–H groups in total. The largest absolute Gasteiger partial charge is 0.393 e. The number of carbonyl (C=O) groups is 2. The van der Waals surface area contributed by atoms with Crippen LogP contribution in [0.3, 0.4) is 0 Å². The highest BCUT2D eigenvalue weighted by atomic mass is 16.7. The Morgan fingerprint density at radius 1 is 1.34 bits per heavy atom. The normalized spacial score (nSPS) is 53.0. The second-order valence-electron chi connectivity index (χ2n) is 10.1. The molecule has 6 nitrogen and oxygen atoms in total. The minimum atomic E-state index is -1.20. The van der Waals surface area contributed by atoms with Crippen LogP contribution in [0.5, 0.6) is 0 Å². The number of aliphatic hydroxyl groups excluding tert-OH is 2. The number of aliphatic hydroxyl groups is 2. The fraction of sp³-hybridized carbons (Fsp3) is 0.739. The van der Waals surface area contributed by atoms with E-state index >= 15 is 0 Å². The molecule has 29 heavy (non-hydrogen) atoms. The van der Waals surface area contributed by atoms with Crippen molar-refractivity contribution in [2.24, 2.45) is 28.6 Å². The summed E-state index contributed by atoms with van der Waals surface area (Å²) in [7, 11) is 0. The van der Waals surface area contributed by atoms with Crippen molar-refractivity contribution >= 4 is 11.6 Å². The second-order valence-corrected chi connectivity index (χ2v) is 10.1. The van der Waals surface area contributed by atoms with Gasteiger partial charge >= 0.3 is 0 Å². The predicted molar refractivity (Wildman–Crippen MR) is 104 cm³/mol. The molecule has 0 aromatic heterocycles. The van der Waals surface area contributed by atoms with Crippen LogP contribution in [-0.2, 0) is 19.1 Å². The summed E-state index contributed by atoms with van der Waals surface area (Å²) in [6.45, 7) is 5.37. The first-order chi connectivity index (χ1) is 13.7. The first kappa shape index (κ1) is 19.6. The van der Waals surface area contributed by atoms with E-state index in [0.29, 0.717) is 12.8 Å². The zero-order valence-corrected chi connectivity index (χ0v) is 17.3. The highest BCUT2D eigenvalue weighted by molar-refractivity contribution is 6.01. The number of Topliss-reactive ketones (excluding diaryl/α,β-unsaturated/α-hetero) is 1. The lowest BCUT2D eigenvalue weighted by Gasteiger charge is -2.59. The zero-order valence-electron chi connectivity index (χ0n) is 17.3. The van der Waals surface area contributed by atoms with E-state index in [9.17, 15) is 19.8 Å². The van der Waals surface area contributed by atoms with Crippen molar-refractivity contribution in [3.8, 4) is 0 Å². The van der Waals surface area contributed by atoms with Crippen LogP contribution in [-0.4, -0.2) is 52.5 Å². The van der Waals surface area contributed by atoms with E-state index in [0.717, 1.165) is 18.4 Å². The number of carbonyl (C=O) groups excluding carboxylic acids is 2. The summed E-state index contributed by atoms with van der Waals surface area (Å²) in [5.74, 6) is 0.00833. The van der Waals surface area contributed by atoms with Gasteiger partial charge in [0.15, 0.2) is 23.5 Å². The lowest BCUT2D eigenvalue weighted by atomic mass is 9.46. The number of ketones is 2. The smallest absolute Gasteiger partial charge is 0.193 e. The van der Waals surface area contributed by atoms with Crippen molar-refractivity contribution in [1.29, 1.82) is 0 Å². The van der Waals surface area contributed by atoms with Crippen LogP contribution in [0.25, 0.3) is 0 Å². The third-order valence-electron chi connectivity index (χ3n) is 8.92. The molecule has 0 unspecified atom stereocenters. The van der Waals surface area contributed by atoms with Crippen molar-refractivity contribution in [3.63, 3.8) is 0 Å². The molecule has 0 radical (unpaired) electrons. The van der Waals surface area contributed by atoms with E-state index in [1.54, 1.807) is 19.1 Å². The van der Waals surface area contributed by atoms with Crippen molar-refractivity contribution in [2.75, 3.05) is 6.61 Å². The molecule has 3 saturated carbocycles. The molecule has 1 heterocycles. The van der Waals surface area contributed by atoms with Gasteiger partial charge in [0.1, 0.15) is 6.61 Å². The Labute approximate surface area is 170 Å². The molecule has 5 rings (SSSR count). The van der Waals surface area contributed by atoms with Crippen LogP contribution in [0, 0.1) is 28.6 Å². The van der Waals surface area contributed by atoms with E-state index in [4.69, 9.17) is 9.47 Å². The van der Waals surface area contributed by atoms with Crippen LogP contribution < -0.4 is 0 Å². The van der Waals surface area contributed by atoms with Crippen LogP contribution in [0.2, 0.25) is 0 Å². The standard InChI is InChI=1S/C23H30O6/c1-12-28-19-9-16-15-5-4-13-8-14(25)6-7-21(13,2)20(15)17(26)10-22(16,3)23(19,29-12)18(27)11-24/h6-8,12,15-17,19-20,24,26H,4-5,9-11H2,1-3H3/t12-,15+,16+,17+,19-,20-,21+,22+,23-/m1/s1. The monoisotopic (exact) mass is 402 g/mol. The number of hydrogen-bond acceptors (Lipinski definition) is 6. The number of allylic oxidation sites excluding steroid dienone is 4. The molecular weight excluding hydrogens is 372 g/mol. The van der Waals surface area contributed by atoms with Crippen LogP contribution in [0.15, 0.2) is 23.8 Å². The molecule has 0 bridgehead atoms. The zero-order chi connectivity index (χ0) is 20.8. The van der Waals surface area contributed by atoms with Gasteiger partial charge in [0.25, 0.3) is 0 Å². The molecule has 0 aromatic carbocycles. The van der Waals surface area contributed by atoms with Crippen LogP contribution in [0.1, 0.15) is 46.5 Å². The lowest BCUT2D eigenvalue weighted by molar-refractivity contribution is -0.197. The Morgan fingerprint density at radius 2 is 2.10 bits per heavy atom. The first-order valence-electron chi connectivity index (χ1n) is 10.8. The van der Waals surface area contributed by atoms with Crippen molar-refractivity contribution < 1.29 is 29.3 Å². The maximum absolute atomic E-state index is 13.0. The highest BCUT2D eigenvalue weighted by Crippen LogP contribution is 2.69. The second kappa shape index (κ2) is 6.10. The quantitative estimate of drug-likeness (QED) is 0.733. The van der Waals surface area contributed by atoms with E-state index in [1.807, 2.05) is 13.0 Å². The summed E-state index contributed by atoms with van der Waals surface area (Å²) in [6.07, 6.45) is 6.61. The molecule has 0 aromatic rings. The van der Waals surface area contributed by atoms with Crippen molar-refractivity contribution in [3.05, 3.63) is 23.8 Å². The maximum Gasteiger partial charge on any atom is 0.193 e. The summed E-state index contributed by atoms with van der Waals surface area (Å²) in [4.78, 5) is 25.0. The van der Waals surface area contributed by atoms with Crippen LogP contribution in [0.4, 0.5) is 0 Å². The summed E-state index contributed by atoms with van der Waals surface area (Å²) in [6, 6.07) is 0. The van der Waals surface area contributed by atoms with Crippen molar-refractivity contribution in [1.82, 2.24) is 0 Å². The van der Waals surface area contributed by atoms with E-state index in [2.05, 4.69) is 6.92 Å². The first-order valence-corrected chi connectivity index (χ1v) is 10.8. The van der Waals surface area contributed by atoms with Crippen LogP contribution >= 0.6 is 0 Å². The molecule has 0 amide bonds. The van der Waals surface area contributed by atoms with Gasteiger partial charge in [-0.15, -0.1) is 0 Å². The average Bonchev–Trinajstić information content (AvgIpc) is 3.12. The molecule has 0 spiro atoms. The van der Waals surface area contributed by atoms with Gasteiger partial charge < -0.3 is 19.7 Å². The van der Waals surface area contributed by atoms with Gasteiger partial charge in [0, 0.05) is 16.7 Å². The molecule has 5 aliphatic rings. The predicted octanol–water partition coefficient (Wildman–Crippen LogP) is 1.94. The minimum Gasteiger partial charge on any atom is -0.393 e. The molecule has 158 valence electrons. The fourth-order valence-electron chi connectivity index (χ4n) is 7.86. The molecular formula is C23H30O6. The van der Waals surface area contributed by atoms with E-state index < -0.39 is 36.1 Å². The molecule has 4 fully saturated rings. The Balaban J connectivity index is 1.59. The number of ether oxygens (including phenoxy) is 2. The molecule has 9 atom stereocenters. The van der Waals surface area contributed by atoms with Gasteiger partial charge in [-0.3, -0.25) is 9.59 Å². The van der Waals surface area contributed by atoms with Crippen molar-refractivity contribution in [2.45, 2.75) is 70.6 Å². The Kier molecular flexibility index (Phi) is 4.12. The minimum absolute atomic E-state index is 0.0116. The Morgan fingerprint density at radius 3 is 2.83 bits per heavy atom. The summed E-state index contributed by atoms with van der Waals surface area (Å²) in [5, 5.41) is 21.2. The lowest BCUT2D eigenvalue weighted by Crippen LogP contribution is -2.63. The van der Waals surface area contributed by atoms with Gasteiger partial charge in [-0.25, -0.2) is 0 Å². The third kappa shape index (κ3) is 2.26. The molecule has 6 heteroatoms. The van der Waals surface area contributed by atoms with Gasteiger partial charge in [0.2, 0.25) is 0 Å². The Bertz CT molecular complexity index is 831. The van der Waals surface area contributed by atoms with Gasteiger partial charge in [-0.05, 0) is 56.6 Å². The number of rotatable bonds is 2. The molecule has 1 saturated heterocycles. The summed E-state index contributed by atoms with van der Waals surface area (Å²) >= 11 is 0. The Hall–Kier alpha value is -1.34. The molecule has 4 aliphatic carbocycles. The van der Waals surface area contributed by atoms with Gasteiger partial charge in [-0.1, -0.05) is 25.5 Å². The van der Waals surface area contributed by atoms with E-state index in [1.165, 1.54) is 0 Å². The summed E-state index contributed by atoms with van der Waals surface area (Å²) < 4.78 is 12.2. The third-order valence-corrected chi connectivity index (χ3v) is 8.92. The SMILES string of the molecule is C[C@@H]1O[C@@H]2C[C@H]3[C@@H]4CCC5=CC(=O)C=C[C@]5(C)[C@H]4[C@@H](O)C[C@]3(C)[C@]2(C(=O)CO)O1. The number of fused-ring (bicyclic) bond motifs is 7. The molecule has 1 aliphatic heterocycles. The number of hydrogen-bond donors (Lipinski definition) is 2. The highest BCUT2D eigenvalue weighted by Gasteiger charge is 2.75.